The Morgan fingerprint density at radius 1 is 1.18 bits per heavy atom. The maximum absolute atomic E-state index is 13.1. The van der Waals surface area contributed by atoms with E-state index in [4.69, 9.17) is 9.47 Å². The van der Waals surface area contributed by atoms with E-state index in [9.17, 15) is 9.18 Å². The monoisotopic (exact) mass is 298 g/mol. The number of Topliss-reactive ketones (excluding diaryl/α,β-unsaturated/α-hetero) is 1. The minimum absolute atomic E-state index is 0.105. The first kappa shape index (κ1) is 14.3. The highest BCUT2D eigenvalue weighted by atomic mass is 19.1. The lowest BCUT2D eigenvalue weighted by atomic mass is 10.1. The van der Waals surface area contributed by atoms with Crippen LogP contribution in [0.3, 0.4) is 0 Å². The largest absolute Gasteiger partial charge is 0.489 e. The van der Waals surface area contributed by atoms with Crippen LogP contribution in [0.25, 0.3) is 0 Å². The highest BCUT2D eigenvalue weighted by Gasteiger charge is 2.28. The predicted molar refractivity (Wildman–Crippen MR) is 80.5 cm³/mol. The molecule has 2 aromatic carbocycles. The molecule has 0 atom stereocenters. The summed E-state index contributed by atoms with van der Waals surface area (Å²) < 4.78 is 24.3. The van der Waals surface area contributed by atoms with Crippen LogP contribution >= 0.6 is 0 Å². The lowest BCUT2D eigenvalue weighted by Crippen LogP contribution is -2.00. The summed E-state index contributed by atoms with van der Waals surface area (Å²) in [6.07, 6.45) is 0. The molecule has 0 amide bonds. The lowest BCUT2D eigenvalue weighted by Gasteiger charge is -2.07. The fourth-order valence-corrected chi connectivity index (χ4v) is 2.27. The van der Waals surface area contributed by atoms with E-state index in [-0.39, 0.29) is 18.2 Å². The molecule has 1 heterocycles. The summed E-state index contributed by atoms with van der Waals surface area (Å²) in [6.45, 7) is 3.92. The lowest BCUT2D eigenvalue weighted by molar-refractivity contribution is 0.101. The second kappa shape index (κ2) is 5.64. The molecular formula is C18H15FO3. The molecule has 0 spiro atoms. The van der Waals surface area contributed by atoms with E-state index < -0.39 is 0 Å². The molecule has 4 heteroatoms. The van der Waals surface area contributed by atoms with Gasteiger partial charge in [-0.3, -0.25) is 4.79 Å². The van der Waals surface area contributed by atoms with Crippen molar-refractivity contribution in [3.63, 3.8) is 0 Å². The minimum Gasteiger partial charge on any atom is -0.489 e. The molecule has 1 aliphatic heterocycles. The molecule has 0 unspecified atom stereocenters. The van der Waals surface area contributed by atoms with Crippen LogP contribution < -0.4 is 9.47 Å². The van der Waals surface area contributed by atoms with Gasteiger partial charge in [-0.15, -0.1) is 0 Å². The number of benzene rings is 2. The molecule has 0 fully saturated rings. The third kappa shape index (κ3) is 2.72. The first-order valence-corrected chi connectivity index (χ1v) is 6.96. The van der Waals surface area contributed by atoms with Crippen molar-refractivity contribution in [3.8, 4) is 11.5 Å². The second-order valence-corrected chi connectivity index (χ2v) is 5.34. The highest BCUT2D eigenvalue weighted by Crippen LogP contribution is 2.35. The van der Waals surface area contributed by atoms with Gasteiger partial charge in [0.15, 0.2) is 5.76 Å². The molecule has 3 rings (SSSR count). The van der Waals surface area contributed by atoms with Crippen molar-refractivity contribution < 1.29 is 18.7 Å². The van der Waals surface area contributed by atoms with Gasteiger partial charge in [0.1, 0.15) is 23.9 Å². The van der Waals surface area contributed by atoms with Gasteiger partial charge in [-0.25, -0.2) is 4.39 Å². The van der Waals surface area contributed by atoms with E-state index in [1.165, 1.54) is 12.1 Å². The summed E-state index contributed by atoms with van der Waals surface area (Å²) in [6, 6.07) is 11.3. The van der Waals surface area contributed by atoms with E-state index >= 15 is 0 Å². The number of hydrogen-bond acceptors (Lipinski definition) is 3. The van der Waals surface area contributed by atoms with Gasteiger partial charge in [0, 0.05) is 6.07 Å². The number of ether oxygens (including phenoxy) is 2. The summed E-state index contributed by atoms with van der Waals surface area (Å²) in [5.74, 6) is 1.05. The van der Waals surface area contributed by atoms with Gasteiger partial charge in [0.05, 0.1) is 5.56 Å². The maximum Gasteiger partial charge on any atom is 0.231 e. The Morgan fingerprint density at radius 2 is 2.00 bits per heavy atom. The maximum atomic E-state index is 13.1. The molecule has 112 valence electrons. The van der Waals surface area contributed by atoms with Crippen LogP contribution in [0.2, 0.25) is 0 Å². The molecule has 1 aliphatic rings. The first-order chi connectivity index (χ1) is 10.5. The standard InChI is InChI=1S/C18H15FO3/c1-11(2)18-17(20)15-7-6-14(9-16(15)22-18)21-10-12-4-3-5-13(19)8-12/h3-9H,10H2,1-2H3. The average molecular weight is 298 g/mol. The zero-order valence-electron chi connectivity index (χ0n) is 12.4. The molecular weight excluding hydrogens is 283 g/mol. The minimum atomic E-state index is -0.294. The van der Waals surface area contributed by atoms with Crippen LogP contribution in [0.15, 0.2) is 53.8 Å². The van der Waals surface area contributed by atoms with Crippen LogP contribution in [0.1, 0.15) is 29.8 Å². The number of carbonyl (C=O) groups is 1. The van der Waals surface area contributed by atoms with Crippen LogP contribution in [0, 0.1) is 5.82 Å². The summed E-state index contributed by atoms with van der Waals surface area (Å²) in [4.78, 5) is 12.1. The molecule has 0 saturated heterocycles. The fraction of sp³-hybridized carbons (Fsp3) is 0.167. The van der Waals surface area contributed by atoms with Crippen molar-refractivity contribution in [2.24, 2.45) is 0 Å². The number of rotatable bonds is 3. The predicted octanol–water partition coefficient (Wildman–Crippen LogP) is 4.27. The third-order valence-electron chi connectivity index (χ3n) is 3.36. The van der Waals surface area contributed by atoms with Crippen molar-refractivity contribution in [1.29, 1.82) is 0 Å². The summed E-state index contributed by atoms with van der Waals surface area (Å²) in [5, 5.41) is 0. The summed E-state index contributed by atoms with van der Waals surface area (Å²) >= 11 is 0. The molecule has 0 radical (unpaired) electrons. The van der Waals surface area contributed by atoms with Crippen molar-refractivity contribution in [2.75, 3.05) is 0 Å². The number of hydrogen-bond donors (Lipinski definition) is 0. The number of ketones is 1. The molecule has 2 aromatic rings. The van der Waals surface area contributed by atoms with Crippen LogP contribution in [0.4, 0.5) is 4.39 Å². The van der Waals surface area contributed by atoms with Crippen LogP contribution in [0.5, 0.6) is 11.5 Å². The fourth-order valence-electron chi connectivity index (χ4n) is 2.27. The molecule has 0 bridgehead atoms. The van der Waals surface area contributed by atoms with Gasteiger partial charge in [-0.05, 0) is 49.2 Å². The Bertz CT molecular complexity index is 774. The molecule has 3 nitrogen and oxygen atoms in total. The number of fused-ring (bicyclic) bond motifs is 1. The number of allylic oxidation sites excluding steroid dienone is 2. The van der Waals surface area contributed by atoms with E-state index in [1.54, 1.807) is 30.3 Å². The Labute approximate surface area is 128 Å². The van der Waals surface area contributed by atoms with E-state index in [2.05, 4.69) is 0 Å². The van der Waals surface area contributed by atoms with Crippen molar-refractivity contribution in [1.82, 2.24) is 0 Å². The zero-order chi connectivity index (χ0) is 15.7. The zero-order valence-corrected chi connectivity index (χ0v) is 12.4. The van der Waals surface area contributed by atoms with Gasteiger partial charge < -0.3 is 9.47 Å². The number of halogens is 1. The van der Waals surface area contributed by atoms with Crippen LogP contribution in [-0.4, -0.2) is 5.78 Å². The smallest absolute Gasteiger partial charge is 0.231 e. The van der Waals surface area contributed by atoms with Crippen LogP contribution in [-0.2, 0) is 6.61 Å². The Balaban J connectivity index is 1.77. The Kier molecular flexibility index (Phi) is 3.67. The van der Waals surface area contributed by atoms with Crippen molar-refractivity contribution >= 4 is 5.78 Å². The van der Waals surface area contributed by atoms with Gasteiger partial charge in [-0.2, -0.15) is 0 Å². The third-order valence-corrected chi connectivity index (χ3v) is 3.36. The van der Waals surface area contributed by atoms with Gasteiger partial charge in [-0.1, -0.05) is 12.1 Å². The topological polar surface area (TPSA) is 35.5 Å². The van der Waals surface area contributed by atoms with E-state index in [0.29, 0.717) is 22.8 Å². The van der Waals surface area contributed by atoms with Gasteiger partial charge in [0.25, 0.3) is 0 Å². The first-order valence-electron chi connectivity index (χ1n) is 6.96. The normalized spacial score (nSPS) is 12.9. The van der Waals surface area contributed by atoms with E-state index in [1.807, 2.05) is 13.8 Å². The SMILES string of the molecule is CC(C)=C1Oc2cc(OCc3cccc(F)c3)ccc2C1=O. The van der Waals surface area contributed by atoms with Crippen molar-refractivity contribution in [2.45, 2.75) is 20.5 Å². The molecule has 0 aromatic heterocycles. The molecule has 22 heavy (non-hydrogen) atoms. The van der Waals surface area contributed by atoms with Crippen molar-refractivity contribution in [3.05, 3.63) is 70.7 Å². The van der Waals surface area contributed by atoms with Gasteiger partial charge in [0.2, 0.25) is 5.78 Å². The Hall–Kier alpha value is -2.62. The summed E-state index contributed by atoms with van der Waals surface area (Å²) in [7, 11) is 0. The van der Waals surface area contributed by atoms with Gasteiger partial charge >= 0.3 is 0 Å². The quantitative estimate of drug-likeness (QED) is 0.794. The Morgan fingerprint density at radius 3 is 2.73 bits per heavy atom. The summed E-state index contributed by atoms with van der Waals surface area (Å²) in [5.41, 5.74) is 2.11. The average Bonchev–Trinajstić information content (AvgIpc) is 2.82. The molecule has 0 saturated carbocycles. The second-order valence-electron chi connectivity index (χ2n) is 5.34. The van der Waals surface area contributed by atoms with E-state index in [0.717, 1.165) is 11.1 Å². The molecule has 0 N–H and O–H groups in total. The molecule has 0 aliphatic carbocycles. The highest BCUT2D eigenvalue weighted by molar-refractivity contribution is 6.12. The number of carbonyl (C=O) groups excluding carboxylic acids is 1.